The molecule has 1 rings (SSSR count). The first-order valence-electron chi connectivity index (χ1n) is 5.70. The maximum absolute atomic E-state index is 4.98. The van der Waals surface area contributed by atoms with Gasteiger partial charge in [0, 0.05) is 20.2 Å². The highest BCUT2D eigenvalue weighted by Crippen LogP contribution is 2.26. The van der Waals surface area contributed by atoms with Crippen molar-refractivity contribution in [2.75, 3.05) is 26.8 Å². The molecular weight excluding hydrogens is 174 g/mol. The molecule has 0 heterocycles. The number of hydrogen-bond donors (Lipinski definition) is 1. The van der Waals surface area contributed by atoms with Crippen molar-refractivity contribution in [2.24, 2.45) is 5.92 Å². The number of methoxy groups -OCH3 is 1. The number of hydrogen-bond acceptors (Lipinski definition) is 2. The van der Waals surface area contributed by atoms with E-state index in [-0.39, 0.29) is 0 Å². The topological polar surface area (TPSA) is 21.3 Å². The normalized spacial score (nSPS) is 19.1. The van der Waals surface area contributed by atoms with Gasteiger partial charge in [0.25, 0.3) is 0 Å². The van der Waals surface area contributed by atoms with Crippen LogP contribution >= 0.6 is 0 Å². The third-order valence-electron chi connectivity index (χ3n) is 2.81. The van der Waals surface area contributed by atoms with Crippen molar-refractivity contribution in [1.29, 1.82) is 0 Å². The van der Waals surface area contributed by atoms with Gasteiger partial charge >= 0.3 is 0 Å². The quantitative estimate of drug-likeness (QED) is 0.521. The van der Waals surface area contributed by atoms with Gasteiger partial charge in [0.1, 0.15) is 0 Å². The van der Waals surface area contributed by atoms with E-state index in [1.165, 1.54) is 31.3 Å². The summed E-state index contributed by atoms with van der Waals surface area (Å²) in [5, 5.41) is 3.37. The molecule has 0 aliphatic heterocycles. The van der Waals surface area contributed by atoms with Crippen molar-refractivity contribution in [2.45, 2.75) is 32.6 Å². The van der Waals surface area contributed by atoms with E-state index in [1.807, 2.05) is 0 Å². The van der Waals surface area contributed by atoms with E-state index in [1.54, 1.807) is 7.11 Å². The molecule has 0 spiro atoms. The Morgan fingerprint density at radius 2 is 2.14 bits per heavy atom. The average Bonchev–Trinajstić information content (AvgIpc) is 2.65. The average molecular weight is 197 g/mol. The molecule has 14 heavy (non-hydrogen) atoms. The van der Waals surface area contributed by atoms with Crippen molar-refractivity contribution >= 4 is 0 Å². The molecule has 0 atom stereocenters. The number of rotatable bonds is 6. The molecule has 0 radical (unpaired) electrons. The van der Waals surface area contributed by atoms with E-state index in [0.717, 1.165) is 25.6 Å². The molecule has 2 nitrogen and oxygen atoms in total. The lowest BCUT2D eigenvalue weighted by molar-refractivity contribution is 0.200. The summed E-state index contributed by atoms with van der Waals surface area (Å²) >= 11 is 0. The second-order valence-corrected chi connectivity index (χ2v) is 4.23. The Kier molecular flexibility index (Phi) is 5.88. The lowest BCUT2D eigenvalue weighted by Crippen LogP contribution is -2.21. The van der Waals surface area contributed by atoms with Crippen LogP contribution in [-0.2, 0) is 4.74 Å². The van der Waals surface area contributed by atoms with E-state index in [9.17, 15) is 0 Å². The Morgan fingerprint density at radius 3 is 2.79 bits per heavy atom. The van der Waals surface area contributed by atoms with Crippen LogP contribution in [0.5, 0.6) is 0 Å². The lowest BCUT2D eigenvalue weighted by Gasteiger charge is -2.07. The molecule has 0 bridgehead atoms. The van der Waals surface area contributed by atoms with E-state index >= 15 is 0 Å². The highest BCUT2D eigenvalue weighted by Gasteiger charge is 2.11. The van der Waals surface area contributed by atoms with Gasteiger partial charge in [0.2, 0.25) is 0 Å². The second-order valence-electron chi connectivity index (χ2n) is 4.23. The van der Waals surface area contributed by atoms with Gasteiger partial charge in [-0.15, -0.1) is 0 Å². The molecule has 1 N–H and O–H groups in total. The Hall–Kier alpha value is -0.340. The minimum absolute atomic E-state index is 0.802. The number of allylic oxidation sites excluding steroid dienone is 1. The van der Waals surface area contributed by atoms with E-state index in [4.69, 9.17) is 4.74 Å². The summed E-state index contributed by atoms with van der Waals surface area (Å²) in [6.45, 7) is 4.99. The van der Waals surface area contributed by atoms with Crippen LogP contribution in [0, 0.1) is 5.92 Å². The van der Waals surface area contributed by atoms with Crippen LogP contribution in [0.1, 0.15) is 32.6 Å². The van der Waals surface area contributed by atoms with Crippen LogP contribution in [0.25, 0.3) is 0 Å². The first-order chi connectivity index (χ1) is 6.83. The standard InChI is InChI=1S/C12H23NO/c1-11(10-13-7-8-14-2)9-12-5-3-4-6-12/h9,12-13H,3-8,10H2,1-2H3. The fourth-order valence-corrected chi connectivity index (χ4v) is 2.05. The molecule has 1 aliphatic rings. The van der Waals surface area contributed by atoms with Crippen LogP contribution in [0.3, 0.4) is 0 Å². The van der Waals surface area contributed by atoms with Crippen molar-refractivity contribution in [1.82, 2.24) is 5.32 Å². The van der Waals surface area contributed by atoms with Gasteiger partial charge in [0.15, 0.2) is 0 Å². The van der Waals surface area contributed by atoms with Gasteiger partial charge < -0.3 is 10.1 Å². The maximum atomic E-state index is 4.98. The Labute approximate surface area is 87.7 Å². The minimum atomic E-state index is 0.802. The zero-order valence-electron chi connectivity index (χ0n) is 9.51. The minimum Gasteiger partial charge on any atom is -0.383 e. The first-order valence-corrected chi connectivity index (χ1v) is 5.70. The highest BCUT2D eigenvalue weighted by molar-refractivity contribution is 5.04. The summed E-state index contributed by atoms with van der Waals surface area (Å²) in [6, 6.07) is 0. The van der Waals surface area contributed by atoms with Crippen molar-refractivity contribution in [3.05, 3.63) is 11.6 Å². The molecule has 0 amide bonds. The van der Waals surface area contributed by atoms with E-state index in [2.05, 4.69) is 18.3 Å². The molecule has 0 unspecified atom stereocenters. The van der Waals surface area contributed by atoms with Gasteiger partial charge in [-0.25, -0.2) is 0 Å². The van der Waals surface area contributed by atoms with Crippen molar-refractivity contribution in [3.63, 3.8) is 0 Å². The Morgan fingerprint density at radius 1 is 1.43 bits per heavy atom. The lowest BCUT2D eigenvalue weighted by atomic mass is 10.1. The zero-order chi connectivity index (χ0) is 10.2. The summed E-state index contributed by atoms with van der Waals surface area (Å²) in [6.07, 6.45) is 8.09. The Bertz CT molecular complexity index is 171. The SMILES string of the molecule is COCCNCC(C)=CC1CCCC1. The van der Waals surface area contributed by atoms with Gasteiger partial charge in [-0.3, -0.25) is 0 Å². The first kappa shape index (κ1) is 11.7. The highest BCUT2D eigenvalue weighted by atomic mass is 16.5. The van der Waals surface area contributed by atoms with Crippen molar-refractivity contribution in [3.8, 4) is 0 Å². The molecule has 0 saturated heterocycles. The fraction of sp³-hybridized carbons (Fsp3) is 0.833. The summed E-state index contributed by atoms with van der Waals surface area (Å²) in [5.41, 5.74) is 1.48. The molecule has 2 heteroatoms. The van der Waals surface area contributed by atoms with Gasteiger partial charge in [-0.05, 0) is 25.7 Å². The molecule has 82 valence electrons. The van der Waals surface area contributed by atoms with E-state index in [0.29, 0.717) is 0 Å². The third-order valence-corrected chi connectivity index (χ3v) is 2.81. The summed E-state index contributed by atoms with van der Waals surface area (Å²) in [4.78, 5) is 0. The molecule has 1 aliphatic carbocycles. The molecule has 0 aromatic rings. The second kappa shape index (κ2) is 7.02. The van der Waals surface area contributed by atoms with Crippen LogP contribution in [0.15, 0.2) is 11.6 Å². The Balaban J connectivity index is 2.09. The van der Waals surface area contributed by atoms with Crippen LogP contribution in [0.2, 0.25) is 0 Å². The van der Waals surface area contributed by atoms with Crippen LogP contribution in [-0.4, -0.2) is 26.8 Å². The maximum Gasteiger partial charge on any atom is 0.0587 e. The van der Waals surface area contributed by atoms with Crippen LogP contribution in [0.4, 0.5) is 0 Å². The van der Waals surface area contributed by atoms with Crippen molar-refractivity contribution < 1.29 is 4.74 Å². The summed E-state index contributed by atoms with van der Waals surface area (Å²) in [7, 11) is 1.74. The predicted octanol–water partition coefficient (Wildman–Crippen LogP) is 2.36. The van der Waals surface area contributed by atoms with Gasteiger partial charge in [0.05, 0.1) is 6.61 Å². The number of nitrogens with one attached hydrogen (secondary N) is 1. The zero-order valence-corrected chi connectivity index (χ0v) is 9.51. The summed E-state index contributed by atoms with van der Waals surface area (Å²) in [5.74, 6) is 0.860. The molecular formula is C12H23NO. The predicted molar refractivity (Wildman–Crippen MR) is 60.5 cm³/mol. The fourth-order valence-electron chi connectivity index (χ4n) is 2.05. The van der Waals surface area contributed by atoms with Gasteiger partial charge in [-0.2, -0.15) is 0 Å². The van der Waals surface area contributed by atoms with E-state index < -0.39 is 0 Å². The molecule has 1 fully saturated rings. The monoisotopic (exact) mass is 197 g/mol. The molecule has 0 aromatic carbocycles. The molecule has 0 aromatic heterocycles. The largest absolute Gasteiger partial charge is 0.383 e. The number of ether oxygens (including phenoxy) is 1. The van der Waals surface area contributed by atoms with Gasteiger partial charge in [-0.1, -0.05) is 24.5 Å². The third kappa shape index (κ3) is 4.77. The van der Waals surface area contributed by atoms with Crippen LogP contribution < -0.4 is 5.32 Å². The summed E-state index contributed by atoms with van der Waals surface area (Å²) < 4.78 is 4.98. The molecule has 1 saturated carbocycles. The smallest absolute Gasteiger partial charge is 0.0587 e.